The van der Waals surface area contributed by atoms with Gasteiger partial charge in [0.05, 0.1) is 30.8 Å². The molecule has 0 aromatic heterocycles. The van der Waals surface area contributed by atoms with E-state index in [1.807, 2.05) is 0 Å². The molecule has 0 fully saturated rings. The van der Waals surface area contributed by atoms with Gasteiger partial charge in [-0.1, -0.05) is 24.3 Å². The number of halogens is 1. The average Bonchev–Trinajstić information content (AvgIpc) is 2.74. The van der Waals surface area contributed by atoms with Crippen LogP contribution in [0.2, 0.25) is 0 Å². The highest BCUT2D eigenvalue weighted by atomic mass is 32.2. The van der Waals surface area contributed by atoms with Crippen LogP contribution in [-0.2, 0) is 10.0 Å². The third kappa shape index (κ3) is 4.19. The number of hydrogen-bond acceptors (Lipinski definition) is 4. The first-order chi connectivity index (χ1) is 13.9. The molecule has 0 radical (unpaired) electrons. The minimum Gasteiger partial charge on any atom is -0.497 e. The number of sulfonamides is 1. The smallest absolute Gasteiger partial charge is 0.264 e. The van der Waals surface area contributed by atoms with Gasteiger partial charge in [-0.3, -0.25) is 4.31 Å². The molecule has 0 N–H and O–H groups in total. The van der Waals surface area contributed by atoms with Gasteiger partial charge in [0, 0.05) is 11.6 Å². The lowest BCUT2D eigenvalue weighted by Gasteiger charge is -2.31. The molecule has 0 spiro atoms. The first kappa shape index (κ1) is 20.7. The number of benzene rings is 3. The molecule has 5 nitrogen and oxygen atoms in total. The molecule has 0 aliphatic rings. The van der Waals surface area contributed by atoms with E-state index in [1.54, 1.807) is 61.5 Å². The Hall–Kier alpha value is -3.06. The second-order valence-corrected chi connectivity index (χ2v) is 8.19. The summed E-state index contributed by atoms with van der Waals surface area (Å²) in [6.45, 7) is 1.65. The standard InChI is InChI=1S/C22H22FNO4S/c1-16(21-9-4-5-10-22(21)23)24(17-7-6-8-19(15-17)28-3)29(25,26)20-13-11-18(27-2)12-14-20/h4-16H,1-3H3/t16-/m0/s1. The van der Waals surface area contributed by atoms with Crippen LogP contribution in [0.4, 0.5) is 10.1 Å². The van der Waals surface area contributed by atoms with Crippen LogP contribution in [0.15, 0.2) is 77.7 Å². The molecule has 0 unspecified atom stereocenters. The summed E-state index contributed by atoms with van der Waals surface area (Å²) >= 11 is 0. The average molecular weight is 415 g/mol. The van der Waals surface area contributed by atoms with E-state index in [1.165, 1.54) is 36.7 Å². The molecule has 0 heterocycles. The molecule has 3 aromatic rings. The summed E-state index contributed by atoms with van der Waals surface area (Å²) in [7, 11) is -1.00. The molecule has 1 atom stereocenters. The van der Waals surface area contributed by atoms with Crippen molar-refractivity contribution in [3.05, 3.63) is 84.2 Å². The minimum atomic E-state index is -4.01. The zero-order valence-electron chi connectivity index (χ0n) is 16.4. The molecular weight excluding hydrogens is 393 g/mol. The van der Waals surface area contributed by atoms with Crippen LogP contribution in [0.5, 0.6) is 11.5 Å². The molecule has 3 aromatic carbocycles. The Bertz CT molecular complexity index is 1080. The molecule has 0 amide bonds. The Kier molecular flexibility index (Phi) is 6.08. The fraction of sp³-hybridized carbons (Fsp3) is 0.182. The third-order valence-electron chi connectivity index (χ3n) is 4.63. The van der Waals surface area contributed by atoms with Crippen molar-refractivity contribution in [1.29, 1.82) is 0 Å². The number of ether oxygens (including phenoxy) is 2. The van der Waals surface area contributed by atoms with E-state index in [-0.39, 0.29) is 10.5 Å². The van der Waals surface area contributed by atoms with E-state index in [4.69, 9.17) is 9.47 Å². The predicted octanol–water partition coefficient (Wildman–Crippen LogP) is 4.80. The van der Waals surface area contributed by atoms with E-state index in [9.17, 15) is 12.8 Å². The third-order valence-corrected chi connectivity index (χ3v) is 6.54. The second-order valence-electron chi connectivity index (χ2n) is 6.38. The van der Waals surface area contributed by atoms with Crippen molar-refractivity contribution in [1.82, 2.24) is 0 Å². The monoisotopic (exact) mass is 415 g/mol. The summed E-state index contributed by atoms with van der Waals surface area (Å²) in [5.74, 6) is 0.565. The molecule has 152 valence electrons. The van der Waals surface area contributed by atoms with Gasteiger partial charge in [0.1, 0.15) is 17.3 Å². The number of anilines is 1. The lowest BCUT2D eigenvalue weighted by molar-refractivity contribution is 0.414. The van der Waals surface area contributed by atoms with Crippen LogP contribution in [0.25, 0.3) is 0 Å². The van der Waals surface area contributed by atoms with Crippen LogP contribution >= 0.6 is 0 Å². The Labute approximate surface area is 170 Å². The first-order valence-corrected chi connectivity index (χ1v) is 10.4. The number of rotatable bonds is 7. The summed E-state index contributed by atoms with van der Waals surface area (Å²) in [5.41, 5.74) is 0.642. The normalized spacial score (nSPS) is 12.3. The highest BCUT2D eigenvalue weighted by Crippen LogP contribution is 2.36. The Morgan fingerprint density at radius 3 is 2.14 bits per heavy atom. The van der Waals surface area contributed by atoms with Gasteiger partial charge in [0.25, 0.3) is 10.0 Å². The minimum absolute atomic E-state index is 0.0734. The summed E-state index contributed by atoms with van der Waals surface area (Å²) < 4.78 is 53.2. The van der Waals surface area contributed by atoms with Crippen molar-refractivity contribution in [3.8, 4) is 11.5 Å². The summed E-state index contributed by atoms with van der Waals surface area (Å²) in [4.78, 5) is 0.0734. The number of hydrogen-bond donors (Lipinski definition) is 0. The fourth-order valence-electron chi connectivity index (χ4n) is 3.12. The maximum atomic E-state index is 14.5. The molecule has 29 heavy (non-hydrogen) atoms. The van der Waals surface area contributed by atoms with E-state index in [0.29, 0.717) is 17.2 Å². The van der Waals surface area contributed by atoms with Gasteiger partial charge in [-0.15, -0.1) is 0 Å². The zero-order valence-corrected chi connectivity index (χ0v) is 17.2. The van der Waals surface area contributed by atoms with Crippen LogP contribution in [0, 0.1) is 5.82 Å². The van der Waals surface area contributed by atoms with Crippen molar-refractivity contribution >= 4 is 15.7 Å². The zero-order chi connectivity index (χ0) is 21.0. The van der Waals surface area contributed by atoms with E-state index in [0.717, 1.165) is 0 Å². The molecule has 0 saturated carbocycles. The highest BCUT2D eigenvalue weighted by Gasteiger charge is 2.32. The second kappa shape index (κ2) is 8.53. The Morgan fingerprint density at radius 1 is 0.862 bits per heavy atom. The molecule has 3 rings (SSSR count). The topological polar surface area (TPSA) is 55.8 Å². The molecular formula is C22H22FNO4S. The van der Waals surface area contributed by atoms with Gasteiger partial charge < -0.3 is 9.47 Å². The van der Waals surface area contributed by atoms with Crippen LogP contribution < -0.4 is 13.8 Å². The molecule has 0 saturated heterocycles. The van der Waals surface area contributed by atoms with Gasteiger partial charge in [-0.2, -0.15) is 0 Å². The van der Waals surface area contributed by atoms with Crippen molar-refractivity contribution in [2.45, 2.75) is 17.9 Å². The lowest BCUT2D eigenvalue weighted by atomic mass is 10.1. The predicted molar refractivity (Wildman–Crippen MR) is 110 cm³/mol. The van der Waals surface area contributed by atoms with Crippen LogP contribution in [0.3, 0.4) is 0 Å². The highest BCUT2D eigenvalue weighted by molar-refractivity contribution is 7.92. The summed E-state index contributed by atoms with van der Waals surface area (Å²) in [6, 6.07) is 18.1. The summed E-state index contributed by atoms with van der Waals surface area (Å²) in [5, 5.41) is 0. The maximum absolute atomic E-state index is 14.5. The molecule has 0 bridgehead atoms. The van der Waals surface area contributed by atoms with Gasteiger partial charge in [0.2, 0.25) is 0 Å². The van der Waals surface area contributed by atoms with E-state index < -0.39 is 21.9 Å². The van der Waals surface area contributed by atoms with Crippen molar-refractivity contribution in [2.75, 3.05) is 18.5 Å². The fourth-order valence-corrected chi connectivity index (χ4v) is 4.75. The first-order valence-electron chi connectivity index (χ1n) is 8.95. The maximum Gasteiger partial charge on any atom is 0.264 e. The quantitative estimate of drug-likeness (QED) is 0.556. The lowest BCUT2D eigenvalue weighted by Crippen LogP contribution is -2.34. The molecule has 7 heteroatoms. The van der Waals surface area contributed by atoms with Gasteiger partial charge in [-0.25, -0.2) is 12.8 Å². The number of nitrogens with zero attached hydrogens (tertiary/aromatic N) is 1. The van der Waals surface area contributed by atoms with Gasteiger partial charge >= 0.3 is 0 Å². The van der Waals surface area contributed by atoms with Crippen molar-refractivity contribution < 1.29 is 22.3 Å². The molecule has 0 aliphatic carbocycles. The van der Waals surface area contributed by atoms with E-state index >= 15 is 0 Å². The Balaban J connectivity index is 2.17. The van der Waals surface area contributed by atoms with Crippen LogP contribution in [-0.4, -0.2) is 22.6 Å². The van der Waals surface area contributed by atoms with E-state index in [2.05, 4.69) is 0 Å². The van der Waals surface area contributed by atoms with Crippen LogP contribution in [0.1, 0.15) is 18.5 Å². The molecule has 0 aliphatic heterocycles. The SMILES string of the molecule is COc1ccc(S(=O)(=O)N(c2cccc(OC)c2)[C@@H](C)c2ccccc2F)cc1. The van der Waals surface area contributed by atoms with Gasteiger partial charge in [-0.05, 0) is 49.4 Å². The Morgan fingerprint density at radius 2 is 1.52 bits per heavy atom. The summed E-state index contributed by atoms with van der Waals surface area (Å²) in [6.07, 6.45) is 0. The largest absolute Gasteiger partial charge is 0.497 e. The number of methoxy groups -OCH3 is 2. The van der Waals surface area contributed by atoms with Crippen molar-refractivity contribution in [3.63, 3.8) is 0 Å². The van der Waals surface area contributed by atoms with Crippen molar-refractivity contribution in [2.24, 2.45) is 0 Å². The van der Waals surface area contributed by atoms with Gasteiger partial charge in [0.15, 0.2) is 0 Å².